The number of amides is 1. The monoisotopic (exact) mass is 401 g/mol. The van der Waals surface area contributed by atoms with Gasteiger partial charge in [-0.1, -0.05) is 6.07 Å². The molecule has 0 heterocycles. The predicted molar refractivity (Wildman–Crippen MR) is 95.9 cm³/mol. The lowest BCUT2D eigenvalue weighted by Gasteiger charge is -2.12. The van der Waals surface area contributed by atoms with Gasteiger partial charge in [0.05, 0.1) is 17.0 Å². The third kappa shape index (κ3) is 5.44. The summed E-state index contributed by atoms with van der Waals surface area (Å²) in [5.74, 6) is -0.490. The van der Waals surface area contributed by atoms with Gasteiger partial charge in [-0.05, 0) is 42.5 Å². The van der Waals surface area contributed by atoms with Crippen molar-refractivity contribution in [2.24, 2.45) is 0 Å². The SMILES string of the molecule is CN(C)S(=O)(=O)c1ccc(NC(=O)CNc2cccc(C(F)(F)F)c2)cc1. The molecule has 0 spiro atoms. The van der Waals surface area contributed by atoms with E-state index in [4.69, 9.17) is 0 Å². The topological polar surface area (TPSA) is 78.5 Å². The number of carbonyl (C=O) groups excluding carboxylic acids is 1. The van der Waals surface area contributed by atoms with Gasteiger partial charge in [-0.3, -0.25) is 4.79 Å². The minimum Gasteiger partial charge on any atom is -0.376 e. The lowest BCUT2D eigenvalue weighted by molar-refractivity contribution is -0.137. The van der Waals surface area contributed by atoms with Crippen LogP contribution >= 0.6 is 0 Å². The Morgan fingerprint density at radius 1 is 1.04 bits per heavy atom. The van der Waals surface area contributed by atoms with Crippen molar-refractivity contribution in [3.63, 3.8) is 0 Å². The van der Waals surface area contributed by atoms with E-state index >= 15 is 0 Å². The second-order valence-corrected chi connectivity index (χ2v) is 7.94. The van der Waals surface area contributed by atoms with Crippen molar-refractivity contribution in [3.8, 4) is 0 Å². The normalized spacial score (nSPS) is 12.1. The van der Waals surface area contributed by atoms with Crippen molar-refractivity contribution < 1.29 is 26.4 Å². The van der Waals surface area contributed by atoms with Gasteiger partial charge in [0.25, 0.3) is 0 Å². The van der Waals surface area contributed by atoms with E-state index < -0.39 is 27.7 Å². The van der Waals surface area contributed by atoms with Crippen molar-refractivity contribution in [3.05, 3.63) is 54.1 Å². The minimum atomic E-state index is -4.46. The molecule has 0 aliphatic carbocycles. The molecule has 2 N–H and O–H groups in total. The first-order chi connectivity index (χ1) is 12.5. The highest BCUT2D eigenvalue weighted by molar-refractivity contribution is 7.89. The van der Waals surface area contributed by atoms with Crippen LogP contribution in [0.5, 0.6) is 0 Å². The molecule has 2 aromatic carbocycles. The lowest BCUT2D eigenvalue weighted by atomic mass is 10.2. The van der Waals surface area contributed by atoms with Crippen molar-refractivity contribution in [2.75, 3.05) is 31.3 Å². The molecule has 0 aromatic heterocycles. The number of nitrogens with one attached hydrogen (secondary N) is 2. The molecule has 0 aliphatic heterocycles. The maximum atomic E-state index is 12.7. The number of halogens is 3. The molecule has 6 nitrogen and oxygen atoms in total. The molecule has 27 heavy (non-hydrogen) atoms. The third-order valence-electron chi connectivity index (χ3n) is 3.56. The van der Waals surface area contributed by atoms with Crippen molar-refractivity contribution in [1.82, 2.24) is 4.31 Å². The summed E-state index contributed by atoms with van der Waals surface area (Å²) in [6, 6.07) is 10.1. The summed E-state index contributed by atoms with van der Waals surface area (Å²) in [4.78, 5) is 12.0. The molecule has 10 heteroatoms. The van der Waals surface area contributed by atoms with E-state index in [1.807, 2.05) is 0 Å². The predicted octanol–water partition coefficient (Wildman–Crippen LogP) is 3.01. The fourth-order valence-electron chi connectivity index (χ4n) is 2.11. The zero-order chi connectivity index (χ0) is 20.2. The summed E-state index contributed by atoms with van der Waals surface area (Å²) in [5.41, 5.74) is -0.290. The first-order valence-corrected chi connectivity index (χ1v) is 9.18. The number of alkyl halides is 3. The Hall–Kier alpha value is -2.59. The van der Waals surface area contributed by atoms with Gasteiger partial charge in [-0.25, -0.2) is 12.7 Å². The number of rotatable bonds is 6. The maximum Gasteiger partial charge on any atom is 0.416 e. The maximum absolute atomic E-state index is 12.7. The number of hydrogen-bond donors (Lipinski definition) is 2. The molecule has 1 amide bonds. The average Bonchev–Trinajstić information content (AvgIpc) is 2.60. The van der Waals surface area contributed by atoms with Gasteiger partial charge in [0.2, 0.25) is 15.9 Å². The fourth-order valence-corrected chi connectivity index (χ4v) is 3.02. The number of carbonyl (C=O) groups is 1. The molecule has 0 aliphatic rings. The van der Waals surface area contributed by atoms with E-state index in [9.17, 15) is 26.4 Å². The summed E-state index contributed by atoms with van der Waals surface area (Å²) in [7, 11) is -0.754. The van der Waals surface area contributed by atoms with E-state index in [1.165, 1.54) is 50.5 Å². The van der Waals surface area contributed by atoms with Gasteiger partial charge in [0.1, 0.15) is 0 Å². The quantitative estimate of drug-likeness (QED) is 0.780. The van der Waals surface area contributed by atoms with Crippen LogP contribution in [0.2, 0.25) is 0 Å². The number of nitrogens with zero attached hydrogens (tertiary/aromatic N) is 1. The van der Waals surface area contributed by atoms with E-state index in [0.717, 1.165) is 16.4 Å². The molecule has 2 aromatic rings. The zero-order valence-electron chi connectivity index (χ0n) is 14.5. The number of sulfonamides is 1. The first-order valence-electron chi connectivity index (χ1n) is 7.74. The Bertz CT molecular complexity index is 911. The summed E-state index contributed by atoms with van der Waals surface area (Å²) in [5, 5.41) is 5.15. The van der Waals surface area contributed by atoms with E-state index in [1.54, 1.807) is 0 Å². The van der Waals surface area contributed by atoms with Crippen molar-refractivity contribution in [1.29, 1.82) is 0 Å². The second-order valence-electron chi connectivity index (χ2n) is 5.79. The molecule has 146 valence electrons. The van der Waals surface area contributed by atoms with E-state index in [2.05, 4.69) is 10.6 Å². The standard InChI is InChI=1S/C17H18F3N3O3S/c1-23(2)27(25,26)15-8-6-13(7-9-15)22-16(24)11-21-14-5-3-4-12(10-14)17(18,19)20/h3-10,21H,11H2,1-2H3,(H,22,24). The number of benzene rings is 2. The van der Waals surface area contributed by atoms with Crippen LogP contribution < -0.4 is 10.6 Å². The molecular formula is C17H18F3N3O3S. The second kappa shape index (κ2) is 7.97. The molecule has 0 radical (unpaired) electrons. The molecule has 0 bridgehead atoms. The Morgan fingerprint density at radius 2 is 1.67 bits per heavy atom. The van der Waals surface area contributed by atoms with Gasteiger partial charge in [-0.15, -0.1) is 0 Å². The number of anilines is 2. The molecular weight excluding hydrogens is 383 g/mol. The minimum absolute atomic E-state index is 0.0765. The Balaban J connectivity index is 1.97. The van der Waals surface area contributed by atoms with Gasteiger partial charge in [-0.2, -0.15) is 13.2 Å². The summed E-state index contributed by atoms with van der Waals surface area (Å²) in [6.07, 6.45) is -4.46. The van der Waals surface area contributed by atoms with Crippen LogP contribution in [0.25, 0.3) is 0 Å². The van der Waals surface area contributed by atoms with Crippen LogP contribution in [0.15, 0.2) is 53.4 Å². The van der Waals surface area contributed by atoms with E-state index in [-0.39, 0.29) is 17.1 Å². The molecule has 0 atom stereocenters. The van der Waals surface area contributed by atoms with Crippen LogP contribution in [0.4, 0.5) is 24.5 Å². The Labute approximate surface area is 155 Å². The Morgan fingerprint density at radius 3 is 2.22 bits per heavy atom. The molecule has 0 unspecified atom stereocenters. The summed E-state index contributed by atoms with van der Waals surface area (Å²) < 4.78 is 63.0. The molecule has 0 saturated carbocycles. The molecule has 0 fully saturated rings. The average molecular weight is 401 g/mol. The zero-order valence-corrected chi connectivity index (χ0v) is 15.4. The summed E-state index contributed by atoms with van der Waals surface area (Å²) >= 11 is 0. The van der Waals surface area contributed by atoms with Gasteiger partial charge < -0.3 is 10.6 Å². The van der Waals surface area contributed by atoms with Crippen LogP contribution in [0.1, 0.15) is 5.56 Å². The third-order valence-corrected chi connectivity index (χ3v) is 5.39. The highest BCUT2D eigenvalue weighted by atomic mass is 32.2. The highest BCUT2D eigenvalue weighted by Gasteiger charge is 2.30. The largest absolute Gasteiger partial charge is 0.416 e. The van der Waals surface area contributed by atoms with Crippen molar-refractivity contribution >= 4 is 27.3 Å². The van der Waals surface area contributed by atoms with Gasteiger partial charge in [0.15, 0.2) is 0 Å². The van der Waals surface area contributed by atoms with Crippen molar-refractivity contribution in [2.45, 2.75) is 11.1 Å². The van der Waals surface area contributed by atoms with Crippen LogP contribution in [0.3, 0.4) is 0 Å². The van der Waals surface area contributed by atoms with E-state index in [0.29, 0.717) is 5.69 Å². The number of hydrogen-bond acceptors (Lipinski definition) is 4. The summed E-state index contributed by atoms with van der Waals surface area (Å²) in [6.45, 7) is -0.251. The van der Waals surface area contributed by atoms with Crippen LogP contribution in [0, 0.1) is 0 Å². The van der Waals surface area contributed by atoms with Crippen LogP contribution in [-0.2, 0) is 21.0 Å². The van der Waals surface area contributed by atoms with Crippen LogP contribution in [-0.4, -0.2) is 39.3 Å². The Kier molecular flexibility index (Phi) is 6.11. The van der Waals surface area contributed by atoms with Gasteiger partial charge in [0, 0.05) is 25.5 Å². The smallest absolute Gasteiger partial charge is 0.376 e. The molecule has 0 saturated heterocycles. The highest BCUT2D eigenvalue weighted by Crippen LogP contribution is 2.30. The lowest BCUT2D eigenvalue weighted by Crippen LogP contribution is -2.23. The fraction of sp³-hybridized carbons (Fsp3) is 0.235. The molecule has 2 rings (SSSR count). The van der Waals surface area contributed by atoms with Gasteiger partial charge >= 0.3 is 6.18 Å². The first kappa shape index (κ1) is 20.7.